The molecule has 228 valence electrons. The van der Waals surface area contributed by atoms with Crippen LogP contribution in [0.15, 0.2) is 53.4 Å². The zero-order valence-electron chi connectivity index (χ0n) is 22.9. The van der Waals surface area contributed by atoms with Gasteiger partial charge >= 0.3 is 6.09 Å². The van der Waals surface area contributed by atoms with Gasteiger partial charge in [-0.2, -0.15) is 4.31 Å². The molecule has 0 aromatic heterocycles. The number of sulfonamides is 1. The van der Waals surface area contributed by atoms with Gasteiger partial charge in [-0.3, -0.25) is 19.7 Å². The van der Waals surface area contributed by atoms with Crippen LogP contribution in [0.2, 0.25) is 5.02 Å². The third kappa shape index (κ3) is 7.53. The highest BCUT2D eigenvalue weighted by Gasteiger charge is 2.46. The number of nitro groups is 1. The van der Waals surface area contributed by atoms with Gasteiger partial charge in [-0.1, -0.05) is 23.7 Å². The number of non-ortho nitro benzene ring substituents is 1. The molecule has 0 radical (unpaired) electrons. The molecule has 4 N–H and O–H groups in total. The number of rotatable bonds is 11. The zero-order valence-corrected chi connectivity index (χ0v) is 24.5. The van der Waals surface area contributed by atoms with Crippen molar-refractivity contribution >= 4 is 45.2 Å². The lowest BCUT2D eigenvalue weighted by molar-refractivity contribution is -0.384. The second-order valence-electron chi connectivity index (χ2n) is 10.0. The molecule has 14 nitrogen and oxygen atoms in total. The number of carbonyl (C=O) groups excluding carboxylic acids is 2. The number of piperidine rings is 1. The van der Waals surface area contributed by atoms with Crippen molar-refractivity contribution in [3.8, 4) is 0 Å². The topological polar surface area (TPSA) is 199 Å². The number of nitrogens with one attached hydrogen (secondary N) is 2. The van der Waals surface area contributed by atoms with Crippen molar-refractivity contribution in [1.82, 2.24) is 19.8 Å². The first kappa shape index (κ1) is 32.7. The number of carboxylic acid groups (broad SMARTS) is 1. The van der Waals surface area contributed by atoms with Crippen molar-refractivity contribution in [3.63, 3.8) is 0 Å². The normalized spacial score (nSPS) is 18.9. The number of hydrogen-bond donors (Lipinski definition) is 4. The highest BCUT2D eigenvalue weighted by molar-refractivity contribution is 7.89. The second-order valence-corrected chi connectivity index (χ2v) is 12.4. The summed E-state index contributed by atoms with van der Waals surface area (Å²) >= 11 is 6.05. The number of carbonyl (C=O) groups is 3. The SMILES string of the molecule is CC(NC(=O)O)C(=O)NC(CO)C(=O)N(C)C1(Cc2ccc(Cl)cc2)CCCN(S(=O)(=O)c2ccc([N+](=O)[O-])cc2)C1. The van der Waals surface area contributed by atoms with Crippen LogP contribution in [0.4, 0.5) is 10.5 Å². The maximum Gasteiger partial charge on any atom is 0.405 e. The molecule has 3 rings (SSSR count). The molecule has 1 aliphatic rings. The maximum absolute atomic E-state index is 13.7. The van der Waals surface area contributed by atoms with Crippen LogP contribution in [-0.2, 0) is 26.0 Å². The van der Waals surface area contributed by atoms with E-state index in [4.69, 9.17) is 16.7 Å². The quantitative estimate of drug-likeness (QED) is 0.211. The van der Waals surface area contributed by atoms with E-state index in [1.807, 2.05) is 5.32 Å². The molecule has 0 saturated carbocycles. The van der Waals surface area contributed by atoms with E-state index < -0.39 is 57.1 Å². The first-order valence-electron chi connectivity index (χ1n) is 12.9. The predicted molar refractivity (Wildman–Crippen MR) is 151 cm³/mol. The molecule has 1 aliphatic heterocycles. The molecule has 3 amide bonds. The molecule has 1 saturated heterocycles. The number of likely N-dealkylation sites (N-methyl/N-ethyl adjacent to an activating group) is 1. The summed E-state index contributed by atoms with van der Waals surface area (Å²) in [7, 11) is -2.68. The minimum atomic E-state index is -4.13. The molecule has 2 aromatic rings. The average molecular weight is 626 g/mol. The van der Waals surface area contributed by atoms with E-state index in [0.717, 1.165) is 29.8 Å². The Morgan fingerprint density at radius 1 is 1.14 bits per heavy atom. The summed E-state index contributed by atoms with van der Waals surface area (Å²) in [5.74, 6) is -1.55. The van der Waals surface area contributed by atoms with E-state index in [1.54, 1.807) is 24.3 Å². The Kier molecular flexibility index (Phi) is 10.5. The molecule has 2 aromatic carbocycles. The van der Waals surface area contributed by atoms with Gasteiger partial charge in [-0.25, -0.2) is 13.2 Å². The molecular formula is C26H32ClN5O9S. The van der Waals surface area contributed by atoms with Gasteiger partial charge < -0.3 is 25.7 Å². The van der Waals surface area contributed by atoms with Gasteiger partial charge in [0, 0.05) is 37.3 Å². The number of hydrogen-bond acceptors (Lipinski definition) is 8. The molecule has 42 heavy (non-hydrogen) atoms. The van der Waals surface area contributed by atoms with Crippen molar-refractivity contribution in [2.24, 2.45) is 0 Å². The lowest BCUT2D eigenvalue weighted by Crippen LogP contribution is -2.64. The molecule has 0 bridgehead atoms. The summed E-state index contributed by atoms with van der Waals surface area (Å²) in [6, 6.07) is 8.67. The lowest BCUT2D eigenvalue weighted by atomic mass is 9.82. The third-order valence-electron chi connectivity index (χ3n) is 7.22. The predicted octanol–water partition coefficient (Wildman–Crippen LogP) is 1.61. The Labute approximate surface area is 247 Å². The Balaban J connectivity index is 1.96. The number of benzene rings is 2. The summed E-state index contributed by atoms with van der Waals surface area (Å²) in [4.78, 5) is 48.7. The number of aliphatic hydroxyl groups is 1. The summed E-state index contributed by atoms with van der Waals surface area (Å²) in [6.07, 6.45) is -0.526. The Bertz CT molecular complexity index is 1420. The van der Waals surface area contributed by atoms with Crippen molar-refractivity contribution in [2.75, 3.05) is 26.7 Å². The second kappa shape index (κ2) is 13.5. The van der Waals surface area contributed by atoms with E-state index in [-0.39, 0.29) is 30.1 Å². The zero-order chi connectivity index (χ0) is 31.2. The van der Waals surface area contributed by atoms with E-state index in [2.05, 4.69) is 5.32 Å². The minimum absolute atomic E-state index is 0.127. The van der Waals surface area contributed by atoms with Crippen molar-refractivity contribution in [3.05, 3.63) is 69.2 Å². The van der Waals surface area contributed by atoms with Gasteiger partial charge in [0.05, 0.1) is 22.0 Å². The monoisotopic (exact) mass is 625 g/mol. The van der Waals surface area contributed by atoms with Gasteiger partial charge in [0.2, 0.25) is 21.8 Å². The van der Waals surface area contributed by atoms with Gasteiger partial charge in [-0.05, 0) is 56.0 Å². The van der Waals surface area contributed by atoms with Crippen molar-refractivity contribution in [1.29, 1.82) is 0 Å². The fraction of sp³-hybridized carbons (Fsp3) is 0.423. The Morgan fingerprint density at radius 2 is 1.76 bits per heavy atom. The van der Waals surface area contributed by atoms with E-state index in [9.17, 15) is 38.0 Å². The van der Waals surface area contributed by atoms with Gasteiger partial charge in [0.1, 0.15) is 12.1 Å². The molecule has 3 atom stereocenters. The maximum atomic E-state index is 13.7. The highest BCUT2D eigenvalue weighted by atomic mass is 35.5. The van der Waals surface area contributed by atoms with Crippen molar-refractivity contribution < 1.29 is 37.9 Å². The van der Waals surface area contributed by atoms with E-state index >= 15 is 0 Å². The Hall–Kier alpha value is -3.79. The Morgan fingerprint density at radius 3 is 2.31 bits per heavy atom. The summed E-state index contributed by atoms with van der Waals surface area (Å²) < 4.78 is 28.5. The van der Waals surface area contributed by atoms with Crippen molar-refractivity contribution in [2.45, 2.75) is 48.7 Å². The number of nitrogens with zero attached hydrogens (tertiary/aromatic N) is 3. The molecule has 3 unspecified atom stereocenters. The summed E-state index contributed by atoms with van der Waals surface area (Å²) in [5, 5.41) is 34.7. The van der Waals surface area contributed by atoms with Crippen LogP contribution in [-0.4, -0.2) is 95.0 Å². The minimum Gasteiger partial charge on any atom is -0.465 e. The molecule has 1 fully saturated rings. The van der Waals surface area contributed by atoms with Crippen LogP contribution in [0.1, 0.15) is 25.3 Å². The van der Waals surface area contributed by atoms with Gasteiger partial charge in [-0.15, -0.1) is 0 Å². The lowest BCUT2D eigenvalue weighted by Gasteiger charge is -2.48. The van der Waals surface area contributed by atoms with Crippen LogP contribution in [0.25, 0.3) is 0 Å². The van der Waals surface area contributed by atoms with E-state index in [0.29, 0.717) is 17.9 Å². The number of aliphatic hydroxyl groups excluding tert-OH is 1. The van der Waals surface area contributed by atoms with Crippen LogP contribution in [0, 0.1) is 10.1 Å². The molecule has 16 heteroatoms. The molecular weight excluding hydrogens is 594 g/mol. The van der Waals surface area contributed by atoms with Crippen LogP contribution in [0.5, 0.6) is 0 Å². The third-order valence-corrected chi connectivity index (χ3v) is 9.34. The molecule has 0 spiro atoms. The largest absolute Gasteiger partial charge is 0.465 e. The van der Waals surface area contributed by atoms with Crippen LogP contribution >= 0.6 is 11.6 Å². The van der Waals surface area contributed by atoms with Gasteiger partial charge in [0.25, 0.3) is 5.69 Å². The number of halogens is 1. The average Bonchev–Trinajstić information content (AvgIpc) is 2.96. The summed E-state index contributed by atoms with van der Waals surface area (Å²) in [5.41, 5.74) is -0.655. The fourth-order valence-corrected chi connectivity index (χ4v) is 6.57. The molecule has 0 aliphatic carbocycles. The highest BCUT2D eigenvalue weighted by Crippen LogP contribution is 2.34. The number of amides is 3. The fourth-order valence-electron chi connectivity index (χ4n) is 4.88. The smallest absolute Gasteiger partial charge is 0.405 e. The van der Waals surface area contributed by atoms with Gasteiger partial charge in [0.15, 0.2) is 0 Å². The van der Waals surface area contributed by atoms with Crippen LogP contribution in [0.3, 0.4) is 0 Å². The van der Waals surface area contributed by atoms with Crippen LogP contribution < -0.4 is 10.6 Å². The van der Waals surface area contributed by atoms with E-state index in [1.165, 1.54) is 23.2 Å². The summed E-state index contributed by atoms with van der Waals surface area (Å²) in [6.45, 7) is 0.454. The molecule has 1 heterocycles. The standard InChI is InChI=1S/C26H32ClN5O9S/c1-17(28-25(36)37)23(34)29-22(15-33)24(35)30(2)26(14-18-4-6-19(27)7-5-18)12-3-13-31(16-26)42(40,41)21-10-8-20(9-11-21)32(38)39/h4-11,17,22,28,33H,3,12-16H2,1-2H3,(H,29,34)(H,36,37). The number of nitro benzene ring substituents is 1. The first-order chi connectivity index (χ1) is 19.7. The first-order valence-corrected chi connectivity index (χ1v) is 14.7.